The van der Waals surface area contributed by atoms with E-state index >= 15 is 0 Å². The van der Waals surface area contributed by atoms with Crippen LogP contribution < -0.4 is 0 Å². The van der Waals surface area contributed by atoms with Crippen molar-refractivity contribution in [3.8, 4) is 0 Å². The number of esters is 3. The summed E-state index contributed by atoms with van der Waals surface area (Å²) in [6.07, 6.45) is 1.43. The number of morpholine rings is 1. The maximum Gasteiger partial charge on any atom is 0.320 e. The van der Waals surface area contributed by atoms with Crippen molar-refractivity contribution in [2.45, 2.75) is 44.0 Å². The van der Waals surface area contributed by atoms with Gasteiger partial charge in [0.05, 0.1) is 31.6 Å². The Morgan fingerprint density at radius 1 is 1.22 bits per heavy atom. The quantitative estimate of drug-likeness (QED) is 0.492. The monoisotopic (exact) mass is 379 g/mol. The van der Waals surface area contributed by atoms with E-state index in [1.807, 2.05) is 11.8 Å². The van der Waals surface area contributed by atoms with Crippen molar-refractivity contribution in [3.05, 3.63) is 0 Å². The van der Waals surface area contributed by atoms with E-state index < -0.39 is 24.0 Å². The Bertz CT molecular complexity index is 669. The zero-order valence-electron chi connectivity index (χ0n) is 15.4. The Morgan fingerprint density at radius 3 is 2.67 bits per heavy atom. The Kier molecular flexibility index (Phi) is 3.98. The summed E-state index contributed by atoms with van der Waals surface area (Å²) >= 11 is 0. The second-order valence-corrected chi connectivity index (χ2v) is 8.73. The van der Waals surface area contributed by atoms with Gasteiger partial charge in [-0.05, 0) is 26.2 Å². The largest absolute Gasteiger partial charge is 0.459 e. The molecule has 27 heavy (non-hydrogen) atoms. The molecule has 3 aliphatic carbocycles. The highest BCUT2D eigenvalue weighted by molar-refractivity contribution is 5.86. The SMILES string of the molecule is CC1(OC(=O)C2C3CC4C(OC(=O)C42)C3OC(=O)CN2CCOCC2)CC1. The van der Waals surface area contributed by atoms with Crippen LogP contribution >= 0.6 is 0 Å². The number of hydrogen-bond donors (Lipinski definition) is 0. The van der Waals surface area contributed by atoms with Gasteiger partial charge in [-0.2, -0.15) is 0 Å². The van der Waals surface area contributed by atoms with Gasteiger partial charge in [0.1, 0.15) is 17.8 Å². The first kappa shape index (κ1) is 17.4. The van der Waals surface area contributed by atoms with Crippen molar-refractivity contribution in [3.63, 3.8) is 0 Å². The molecule has 5 fully saturated rings. The fourth-order valence-corrected chi connectivity index (χ4v) is 5.19. The molecule has 3 saturated carbocycles. The van der Waals surface area contributed by atoms with Crippen LogP contribution in [0.3, 0.4) is 0 Å². The summed E-state index contributed by atoms with van der Waals surface area (Å²) in [6.45, 7) is 4.70. The summed E-state index contributed by atoms with van der Waals surface area (Å²) in [5.41, 5.74) is -0.386. The molecule has 0 aromatic carbocycles. The third-order valence-corrected chi connectivity index (χ3v) is 6.84. The number of rotatable bonds is 5. The fourth-order valence-electron chi connectivity index (χ4n) is 5.19. The molecule has 5 aliphatic rings. The van der Waals surface area contributed by atoms with E-state index in [0.29, 0.717) is 32.7 Å². The van der Waals surface area contributed by atoms with Gasteiger partial charge < -0.3 is 18.9 Å². The first-order chi connectivity index (χ1) is 13.0. The highest BCUT2D eigenvalue weighted by Crippen LogP contribution is 2.59. The number of hydrogen-bond acceptors (Lipinski definition) is 8. The third kappa shape index (κ3) is 2.93. The van der Waals surface area contributed by atoms with E-state index in [4.69, 9.17) is 18.9 Å². The molecule has 2 aliphatic heterocycles. The number of nitrogens with zero attached hydrogens (tertiary/aromatic N) is 1. The smallest absolute Gasteiger partial charge is 0.320 e. The number of ether oxygens (including phenoxy) is 4. The standard InChI is InChI=1S/C19H25NO7/c1-19(2-3-19)27-18(23)14-11-8-10-13(14)17(22)26-16(10)15(11)25-12(21)9-20-4-6-24-7-5-20/h10-11,13-16H,2-9H2,1H3. The number of fused-ring (bicyclic) bond motifs is 1. The summed E-state index contributed by atoms with van der Waals surface area (Å²) in [4.78, 5) is 39.6. The van der Waals surface area contributed by atoms with Gasteiger partial charge >= 0.3 is 17.9 Å². The van der Waals surface area contributed by atoms with Crippen LogP contribution in [0, 0.1) is 23.7 Å². The molecule has 6 atom stereocenters. The summed E-state index contributed by atoms with van der Waals surface area (Å²) in [6, 6.07) is 0. The minimum absolute atomic E-state index is 0.0479. The lowest BCUT2D eigenvalue weighted by Crippen LogP contribution is -2.46. The van der Waals surface area contributed by atoms with E-state index in [0.717, 1.165) is 12.8 Å². The lowest BCUT2D eigenvalue weighted by atomic mass is 9.78. The fraction of sp³-hybridized carbons (Fsp3) is 0.842. The lowest BCUT2D eigenvalue weighted by molar-refractivity contribution is -0.169. The van der Waals surface area contributed by atoms with E-state index in [1.54, 1.807) is 0 Å². The van der Waals surface area contributed by atoms with Crippen molar-refractivity contribution in [2.24, 2.45) is 23.7 Å². The van der Waals surface area contributed by atoms with Crippen LogP contribution in [0.2, 0.25) is 0 Å². The van der Waals surface area contributed by atoms with Gasteiger partial charge in [-0.25, -0.2) is 0 Å². The molecule has 0 N–H and O–H groups in total. The second-order valence-electron chi connectivity index (χ2n) is 8.73. The van der Waals surface area contributed by atoms with Gasteiger partial charge in [0.15, 0.2) is 0 Å². The van der Waals surface area contributed by atoms with Crippen LogP contribution in [0.1, 0.15) is 26.2 Å². The van der Waals surface area contributed by atoms with Crippen molar-refractivity contribution < 1.29 is 33.3 Å². The Hall–Kier alpha value is -1.67. The van der Waals surface area contributed by atoms with Gasteiger partial charge in [-0.1, -0.05) is 0 Å². The van der Waals surface area contributed by atoms with Crippen molar-refractivity contribution in [1.29, 1.82) is 0 Å². The van der Waals surface area contributed by atoms with Crippen molar-refractivity contribution in [2.75, 3.05) is 32.8 Å². The Balaban J connectivity index is 1.28. The van der Waals surface area contributed by atoms with Crippen LogP contribution in [0.25, 0.3) is 0 Å². The molecule has 0 aromatic rings. The zero-order valence-corrected chi connectivity index (χ0v) is 15.4. The minimum atomic E-state index is -0.556. The molecule has 0 amide bonds. The highest BCUT2D eigenvalue weighted by Gasteiger charge is 2.70. The second kappa shape index (κ2) is 6.17. The van der Waals surface area contributed by atoms with Crippen LogP contribution in [-0.4, -0.2) is 73.5 Å². The van der Waals surface area contributed by atoms with E-state index in [1.165, 1.54) is 0 Å². The van der Waals surface area contributed by atoms with E-state index in [-0.39, 0.29) is 41.9 Å². The molecule has 5 rings (SSSR count). The van der Waals surface area contributed by atoms with E-state index in [9.17, 15) is 14.4 Å². The molecular formula is C19H25NO7. The average molecular weight is 379 g/mol. The summed E-state index contributed by atoms with van der Waals surface area (Å²) < 4.78 is 22.2. The molecule has 8 heteroatoms. The van der Waals surface area contributed by atoms with Crippen LogP contribution in [0.15, 0.2) is 0 Å². The van der Waals surface area contributed by atoms with Crippen molar-refractivity contribution in [1.82, 2.24) is 4.90 Å². The summed E-state index contributed by atoms with van der Waals surface area (Å²) in [5.74, 6) is -2.26. The molecule has 2 saturated heterocycles. The van der Waals surface area contributed by atoms with Crippen LogP contribution in [-0.2, 0) is 33.3 Å². The minimum Gasteiger partial charge on any atom is -0.459 e. The highest BCUT2D eigenvalue weighted by atomic mass is 16.6. The average Bonchev–Trinajstić information content (AvgIpc) is 2.99. The molecule has 0 aromatic heterocycles. The van der Waals surface area contributed by atoms with Gasteiger partial charge in [0, 0.05) is 24.9 Å². The van der Waals surface area contributed by atoms with Gasteiger partial charge in [0.25, 0.3) is 0 Å². The number of carbonyl (C=O) groups is 3. The molecule has 8 nitrogen and oxygen atoms in total. The lowest BCUT2D eigenvalue weighted by Gasteiger charge is -2.32. The van der Waals surface area contributed by atoms with Crippen LogP contribution in [0.5, 0.6) is 0 Å². The topological polar surface area (TPSA) is 91.4 Å². The Morgan fingerprint density at radius 2 is 1.96 bits per heavy atom. The van der Waals surface area contributed by atoms with E-state index in [2.05, 4.69) is 0 Å². The zero-order chi connectivity index (χ0) is 18.8. The maximum atomic E-state index is 12.8. The molecule has 2 bridgehead atoms. The predicted octanol–water partition coefficient (Wildman–Crippen LogP) is 0.134. The van der Waals surface area contributed by atoms with Crippen molar-refractivity contribution >= 4 is 17.9 Å². The first-order valence-corrected chi connectivity index (χ1v) is 9.88. The van der Waals surface area contributed by atoms with Gasteiger partial charge in [-0.3, -0.25) is 19.3 Å². The van der Waals surface area contributed by atoms with Gasteiger partial charge in [-0.15, -0.1) is 0 Å². The molecule has 6 unspecified atom stereocenters. The molecule has 0 spiro atoms. The molecule has 148 valence electrons. The molecule has 0 radical (unpaired) electrons. The first-order valence-electron chi connectivity index (χ1n) is 9.88. The number of carbonyl (C=O) groups excluding carboxylic acids is 3. The normalized spacial score (nSPS) is 41.3. The predicted molar refractivity (Wildman–Crippen MR) is 89.3 cm³/mol. The van der Waals surface area contributed by atoms with Crippen LogP contribution in [0.4, 0.5) is 0 Å². The summed E-state index contributed by atoms with van der Waals surface area (Å²) in [7, 11) is 0. The molecule has 2 heterocycles. The molecular weight excluding hydrogens is 354 g/mol. The Labute approximate surface area is 157 Å². The third-order valence-electron chi connectivity index (χ3n) is 6.84. The van der Waals surface area contributed by atoms with Gasteiger partial charge in [0.2, 0.25) is 0 Å². The maximum absolute atomic E-state index is 12.8. The summed E-state index contributed by atoms with van der Waals surface area (Å²) in [5, 5.41) is 0.